The van der Waals surface area contributed by atoms with Crippen LogP contribution in [0.4, 0.5) is 5.69 Å². The molecule has 42 heavy (non-hydrogen) atoms. The van der Waals surface area contributed by atoms with E-state index < -0.39 is 0 Å². The minimum atomic E-state index is -0.183. The maximum Gasteiger partial charge on any atom is 0.174 e. The number of hydrogen-bond donors (Lipinski definition) is 1. The predicted molar refractivity (Wildman–Crippen MR) is 173 cm³/mol. The van der Waals surface area contributed by atoms with Crippen molar-refractivity contribution in [2.75, 3.05) is 12.0 Å². The smallest absolute Gasteiger partial charge is 0.174 e. The summed E-state index contributed by atoms with van der Waals surface area (Å²) in [7, 11) is 1.64. The van der Waals surface area contributed by atoms with Gasteiger partial charge in [0.1, 0.15) is 17.2 Å². The fourth-order valence-corrected chi connectivity index (χ4v) is 6.25. The van der Waals surface area contributed by atoms with E-state index in [9.17, 15) is 0 Å². The zero-order valence-corrected chi connectivity index (χ0v) is 25.5. The number of halogens is 2. The second-order valence-electron chi connectivity index (χ2n) is 10.0. The highest BCUT2D eigenvalue weighted by molar-refractivity contribution is 7.80. The third-order valence-corrected chi connectivity index (χ3v) is 8.59. The van der Waals surface area contributed by atoms with Gasteiger partial charge in [-0.25, -0.2) is 0 Å². The molecule has 1 N–H and O–H groups in total. The van der Waals surface area contributed by atoms with E-state index in [2.05, 4.69) is 34.7 Å². The molecule has 212 valence electrons. The van der Waals surface area contributed by atoms with E-state index in [0.717, 1.165) is 45.5 Å². The van der Waals surface area contributed by atoms with Gasteiger partial charge in [0.25, 0.3) is 0 Å². The summed E-state index contributed by atoms with van der Waals surface area (Å²) in [6.45, 7) is 4.17. The second-order valence-corrected chi connectivity index (χ2v) is 11.2. The van der Waals surface area contributed by atoms with Crippen LogP contribution >= 0.6 is 35.4 Å². The normalized spacial score (nSPS) is 16.4. The van der Waals surface area contributed by atoms with Crippen molar-refractivity contribution >= 4 is 46.2 Å². The topological polar surface area (TPSA) is 51.6 Å². The number of thiocarbonyl (C=S) groups is 1. The van der Waals surface area contributed by atoms with Crippen LogP contribution in [0.1, 0.15) is 34.7 Å². The molecule has 0 saturated carbocycles. The van der Waals surface area contributed by atoms with Crippen molar-refractivity contribution in [1.29, 1.82) is 0 Å². The highest BCUT2D eigenvalue weighted by Gasteiger charge is 2.42. The molecule has 3 aromatic carbocycles. The van der Waals surface area contributed by atoms with E-state index in [0.29, 0.717) is 20.9 Å². The van der Waals surface area contributed by atoms with Crippen LogP contribution in [0.5, 0.6) is 17.2 Å². The Morgan fingerprint density at radius 1 is 0.857 bits per heavy atom. The monoisotopic (exact) mass is 614 g/mol. The number of hydrogen-bond acceptors (Lipinski definition) is 4. The molecule has 5 aromatic rings. The fraction of sp³-hybridized carbons (Fsp3) is 0.152. The first-order valence-corrected chi connectivity index (χ1v) is 14.6. The van der Waals surface area contributed by atoms with Gasteiger partial charge in [-0.15, -0.1) is 0 Å². The Morgan fingerprint density at radius 3 is 2.21 bits per heavy atom. The Labute approximate surface area is 260 Å². The van der Waals surface area contributed by atoms with E-state index in [4.69, 9.17) is 49.9 Å². The van der Waals surface area contributed by atoms with Gasteiger partial charge in [0.2, 0.25) is 0 Å². The largest absolute Gasteiger partial charge is 0.497 e. The lowest BCUT2D eigenvalue weighted by Crippen LogP contribution is -2.29. The Hall–Kier alpha value is -4.04. The highest BCUT2D eigenvalue weighted by atomic mass is 35.5. The van der Waals surface area contributed by atoms with Gasteiger partial charge in [0.05, 0.1) is 40.6 Å². The second kappa shape index (κ2) is 11.7. The number of nitrogens with zero attached hydrogens (tertiary/aromatic N) is 3. The summed E-state index contributed by atoms with van der Waals surface area (Å²) in [5.41, 5.74) is 5.84. The van der Waals surface area contributed by atoms with E-state index in [1.54, 1.807) is 19.4 Å². The Balaban J connectivity index is 1.40. The lowest BCUT2D eigenvalue weighted by atomic mass is 9.96. The maximum absolute atomic E-state index is 6.68. The van der Waals surface area contributed by atoms with E-state index in [1.807, 2.05) is 78.9 Å². The van der Waals surface area contributed by atoms with Crippen molar-refractivity contribution in [2.24, 2.45) is 0 Å². The number of rotatable bonds is 7. The molecule has 1 aliphatic heterocycles. The van der Waals surface area contributed by atoms with Crippen LogP contribution in [0.25, 0.3) is 5.69 Å². The molecule has 0 radical (unpaired) electrons. The van der Waals surface area contributed by atoms with Gasteiger partial charge in [-0.1, -0.05) is 35.3 Å². The molecule has 0 aliphatic carbocycles. The summed E-state index contributed by atoms with van der Waals surface area (Å²) < 4.78 is 13.5. The molecular formula is C33H28Cl2N4O2S. The number of pyridine rings is 1. The standard InChI is InChI=1S/C33H28Cl2N4O2S/c1-20-19-26(21(2)38(20)29-9-6-7-27(34)30(29)35)32-31(28-8-4-5-18-36-28)37-33(42)39(32)22-10-12-24(13-11-22)41-25-16-14-23(40-3)15-17-25/h4-19,31-32H,1-3H3,(H,37,42)/t31-,32+/m1/s1. The fourth-order valence-electron chi connectivity index (χ4n) is 5.53. The number of benzene rings is 3. The molecule has 9 heteroatoms. The molecule has 6 rings (SSSR count). The van der Waals surface area contributed by atoms with Crippen LogP contribution in [0.2, 0.25) is 10.0 Å². The van der Waals surface area contributed by atoms with Crippen molar-refractivity contribution in [3.8, 4) is 22.9 Å². The molecule has 2 atom stereocenters. The summed E-state index contributed by atoms with van der Waals surface area (Å²) in [6.07, 6.45) is 1.81. The number of methoxy groups -OCH3 is 1. The SMILES string of the molecule is COc1ccc(Oc2ccc(N3C(=S)N[C@H](c4ccccn4)[C@@H]3c3cc(C)n(-c4cccc(Cl)c4Cl)c3C)cc2)cc1. The van der Waals surface area contributed by atoms with Crippen molar-refractivity contribution in [3.63, 3.8) is 0 Å². The first kappa shape index (κ1) is 28.1. The molecule has 6 nitrogen and oxygen atoms in total. The van der Waals surface area contributed by atoms with Gasteiger partial charge >= 0.3 is 0 Å². The van der Waals surface area contributed by atoms with Crippen LogP contribution < -0.4 is 19.7 Å². The van der Waals surface area contributed by atoms with Gasteiger partial charge in [0, 0.05) is 23.3 Å². The average Bonchev–Trinajstić information content (AvgIpc) is 3.50. The summed E-state index contributed by atoms with van der Waals surface area (Å²) in [5.74, 6) is 2.22. The Morgan fingerprint density at radius 2 is 1.55 bits per heavy atom. The van der Waals surface area contributed by atoms with Gasteiger partial charge in [0.15, 0.2) is 5.11 Å². The molecule has 1 fully saturated rings. The van der Waals surface area contributed by atoms with Crippen LogP contribution in [0.3, 0.4) is 0 Å². The van der Waals surface area contributed by atoms with Gasteiger partial charge in [-0.2, -0.15) is 0 Å². The Kier molecular flexibility index (Phi) is 7.82. The minimum Gasteiger partial charge on any atom is -0.497 e. The molecule has 0 amide bonds. The summed E-state index contributed by atoms with van der Waals surface area (Å²) in [4.78, 5) is 6.84. The van der Waals surface area contributed by atoms with Gasteiger partial charge in [-0.05, 0) is 110 Å². The minimum absolute atomic E-state index is 0.182. The van der Waals surface area contributed by atoms with Crippen molar-refractivity contribution in [3.05, 3.63) is 130 Å². The maximum atomic E-state index is 6.68. The van der Waals surface area contributed by atoms with E-state index in [-0.39, 0.29) is 12.1 Å². The Bertz CT molecular complexity index is 1740. The number of nitrogens with one attached hydrogen (secondary N) is 1. The molecule has 0 unspecified atom stereocenters. The number of aryl methyl sites for hydroxylation is 1. The molecule has 2 aromatic heterocycles. The third kappa shape index (κ3) is 5.20. The molecular weight excluding hydrogens is 587 g/mol. The third-order valence-electron chi connectivity index (χ3n) is 7.47. The summed E-state index contributed by atoms with van der Waals surface area (Å²) >= 11 is 19.0. The molecule has 1 saturated heterocycles. The van der Waals surface area contributed by atoms with Crippen LogP contribution in [0, 0.1) is 13.8 Å². The van der Waals surface area contributed by atoms with Gasteiger partial charge < -0.3 is 24.3 Å². The van der Waals surface area contributed by atoms with Crippen LogP contribution in [-0.2, 0) is 0 Å². The highest BCUT2D eigenvalue weighted by Crippen LogP contribution is 2.44. The first-order valence-electron chi connectivity index (χ1n) is 13.4. The number of ether oxygens (including phenoxy) is 2. The molecule has 0 bridgehead atoms. The molecule has 1 aliphatic rings. The van der Waals surface area contributed by atoms with Crippen molar-refractivity contribution in [1.82, 2.24) is 14.9 Å². The van der Waals surface area contributed by atoms with Crippen molar-refractivity contribution < 1.29 is 9.47 Å². The first-order chi connectivity index (χ1) is 20.4. The quantitative estimate of drug-likeness (QED) is 0.185. The summed E-state index contributed by atoms with van der Waals surface area (Å²) in [5, 5.41) is 5.18. The lowest BCUT2D eigenvalue weighted by molar-refractivity contribution is 0.413. The van der Waals surface area contributed by atoms with Gasteiger partial charge in [-0.3, -0.25) is 4.98 Å². The number of anilines is 1. The molecule has 3 heterocycles. The van der Waals surface area contributed by atoms with Crippen LogP contribution in [0.15, 0.2) is 97.2 Å². The zero-order chi connectivity index (χ0) is 29.4. The molecule has 0 spiro atoms. The average molecular weight is 616 g/mol. The van der Waals surface area contributed by atoms with E-state index in [1.165, 1.54) is 0 Å². The summed E-state index contributed by atoms with van der Waals surface area (Å²) in [6, 6.07) is 28.9. The zero-order valence-electron chi connectivity index (χ0n) is 23.2. The lowest BCUT2D eigenvalue weighted by Gasteiger charge is -2.28. The van der Waals surface area contributed by atoms with Crippen molar-refractivity contribution in [2.45, 2.75) is 25.9 Å². The van der Waals surface area contributed by atoms with E-state index >= 15 is 0 Å². The van der Waals surface area contributed by atoms with Crippen LogP contribution in [-0.4, -0.2) is 21.8 Å². The predicted octanol–water partition coefficient (Wildman–Crippen LogP) is 8.77. The number of aromatic nitrogens is 2.